The summed E-state index contributed by atoms with van der Waals surface area (Å²) in [6.07, 6.45) is 0. The van der Waals surface area contributed by atoms with Crippen molar-refractivity contribution in [3.8, 4) is 11.3 Å². The zero-order chi connectivity index (χ0) is 16.0. The third kappa shape index (κ3) is 1.98. The summed E-state index contributed by atoms with van der Waals surface area (Å²) in [6.45, 7) is 1.89. The van der Waals surface area contributed by atoms with Gasteiger partial charge in [0, 0.05) is 11.1 Å². The van der Waals surface area contributed by atoms with E-state index in [0.29, 0.717) is 11.4 Å². The Balaban J connectivity index is 1.90. The van der Waals surface area contributed by atoms with Crippen molar-refractivity contribution in [1.82, 2.24) is 10.2 Å². The van der Waals surface area contributed by atoms with Gasteiger partial charge in [-0.15, -0.1) is 0 Å². The van der Waals surface area contributed by atoms with E-state index in [9.17, 15) is 8.42 Å². The topological polar surface area (TPSA) is 66.1 Å². The molecule has 0 aliphatic carbocycles. The number of benzene rings is 2. The number of hydrogen-bond acceptors (Lipinski definition) is 3. The highest BCUT2D eigenvalue weighted by Crippen LogP contribution is 2.45. The Morgan fingerprint density at radius 2 is 1.61 bits per heavy atom. The number of nitrogens with zero attached hydrogens (tertiary/aromatic N) is 2. The van der Waals surface area contributed by atoms with Crippen molar-refractivity contribution in [2.45, 2.75) is 18.0 Å². The zero-order valence-corrected chi connectivity index (χ0v) is 13.3. The molecule has 1 unspecified atom stereocenters. The van der Waals surface area contributed by atoms with Gasteiger partial charge in [-0.25, -0.2) is 0 Å². The van der Waals surface area contributed by atoms with Crippen LogP contribution < -0.4 is 4.31 Å². The minimum atomic E-state index is -3.62. The van der Waals surface area contributed by atoms with Crippen molar-refractivity contribution in [2.24, 2.45) is 0 Å². The van der Waals surface area contributed by atoms with E-state index in [4.69, 9.17) is 0 Å². The van der Waals surface area contributed by atoms with E-state index in [2.05, 4.69) is 10.2 Å². The second-order valence-electron chi connectivity index (χ2n) is 5.49. The molecule has 1 N–H and O–H groups in total. The lowest BCUT2D eigenvalue weighted by Crippen LogP contribution is -2.27. The molecule has 23 heavy (non-hydrogen) atoms. The fourth-order valence-electron chi connectivity index (χ4n) is 3.10. The van der Waals surface area contributed by atoms with Gasteiger partial charge in [0.05, 0.1) is 17.4 Å². The molecular weight excluding hydrogens is 310 g/mol. The zero-order valence-electron chi connectivity index (χ0n) is 12.5. The summed E-state index contributed by atoms with van der Waals surface area (Å²) in [5.41, 5.74) is 2.97. The molecule has 1 atom stereocenters. The van der Waals surface area contributed by atoms with Crippen LogP contribution in [0.5, 0.6) is 0 Å². The average molecular weight is 325 g/mol. The molecule has 0 amide bonds. The summed E-state index contributed by atoms with van der Waals surface area (Å²) in [5, 5.41) is 7.16. The summed E-state index contributed by atoms with van der Waals surface area (Å²) in [4.78, 5) is 0. The molecule has 1 aliphatic rings. The maximum absolute atomic E-state index is 12.9. The Bertz CT molecular complexity index is 950. The van der Waals surface area contributed by atoms with Crippen molar-refractivity contribution in [2.75, 3.05) is 4.31 Å². The predicted octanol–water partition coefficient (Wildman–Crippen LogP) is 3.35. The SMILES string of the molecule is CC1c2c(-c3ccccc3)n[nH]c2S(=O)(=O)N1c1ccccc1. The van der Waals surface area contributed by atoms with Gasteiger partial charge in [-0.3, -0.25) is 9.40 Å². The Morgan fingerprint density at radius 1 is 1.00 bits per heavy atom. The molecule has 6 heteroatoms. The van der Waals surface area contributed by atoms with Crippen LogP contribution in [0.1, 0.15) is 18.5 Å². The average Bonchev–Trinajstić information content (AvgIpc) is 3.09. The molecule has 0 saturated heterocycles. The molecule has 2 heterocycles. The quantitative estimate of drug-likeness (QED) is 0.786. The fraction of sp³-hybridized carbons (Fsp3) is 0.118. The van der Waals surface area contributed by atoms with Gasteiger partial charge in [0.15, 0.2) is 5.03 Å². The van der Waals surface area contributed by atoms with Crippen molar-refractivity contribution < 1.29 is 8.42 Å². The lowest BCUT2D eigenvalue weighted by molar-refractivity contribution is 0.589. The van der Waals surface area contributed by atoms with Gasteiger partial charge >= 0.3 is 0 Å². The summed E-state index contributed by atoms with van der Waals surface area (Å²) >= 11 is 0. The Morgan fingerprint density at radius 3 is 2.26 bits per heavy atom. The maximum Gasteiger partial charge on any atom is 0.282 e. The number of sulfonamides is 1. The molecule has 0 spiro atoms. The monoisotopic (exact) mass is 325 g/mol. The molecule has 116 valence electrons. The van der Waals surface area contributed by atoms with Crippen LogP contribution >= 0.6 is 0 Å². The fourth-order valence-corrected chi connectivity index (χ4v) is 4.92. The minimum absolute atomic E-state index is 0.188. The van der Waals surface area contributed by atoms with Gasteiger partial charge in [-0.1, -0.05) is 48.5 Å². The van der Waals surface area contributed by atoms with Crippen molar-refractivity contribution in [1.29, 1.82) is 0 Å². The largest absolute Gasteiger partial charge is 0.282 e. The Labute approximate surface area is 134 Å². The lowest BCUT2D eigenvalue weighted by atomic mass is 10.0. The Kier molecular flexibility index (Phi) is 3.02. The van der Waals surface area contributed by atoms with Gasteiger partial charge in [0.1, 0.15) is 0 Å². The van der Waals surface area contributed by atoms with E-state index in [1.807, 2.05) is 55.5 Å². The van der Waals surface area contributed by atoms with E-state index in [0.717, 1.165) is 11.1 Å². The van der Waals surface area contributed by atoms with Crippen LogP contribution in [0.25, 0.3) is 11.3 Å². The number of hydrogen-bond donors (Lipinski definition) is 1. The highest BCUT2D eigenvalue weighted by molar-refractivity contribution is 7.93. The third-order valence-corrected chi connectivity index (χ3v) is 5.99. The van der Waals surface area contributed by atoms with Crippen molar-refractivity contribution in [3.63, 3.8) is 0 Å². The highest BCUT2D eigenvalue weighted by Gasteiger charge is 2.44. The van der Waals surface area contributed by atoms with E-state index in [1.54, 1.807) is 12.1 Å². The minimum Gasteiger partial charge on any atom is -0.265 e. The summed E-state index contributed by atoms with van der Waals surface area (Å²) in [5.74, 6) is 0. The van der Waals surface area contributed by atoms with Crippen molar-refractivity contribution >= 4 is 15.7 Å². The number of aromatic amines is 1. The van der Waals surface area contributed by atoms with Crippen LogP contribution in [0, 0.1) is 0 Å². The number of aromatic nitrogens is 2. The molecule has 0 saturated carbocycles. The number of fused-ring (bicyclic) bond motifs is 1. The molecule has 4 rings (SSSR count). The summed E-state index contributed by atoms with van der Waals surface area (Å²) in [7, 11) is -3.62. The summed E-state index contributed by atoms with van der Waals surface area (Å²) < 4.78 is 27.2. The first-order chi connectivity index (χ1) is 11.1. The van der Waals surface area contributed by atoms with Gasteiger partial charge in [0.25, 0.3) is 10.0 Å². The second-order valence-corrected chi connectivity index (χ2v) is 7.25. The molecule has 0 bridgehead atoms. The van der Waals surface area contributed by atoms with Crippen LogP contribution in [0.15, 0.2) is 65.7 Å². The number of para-hydroxylation sites is 1. The van der Waals surface area contributed by atoms with Gasteiger partial charge < -0.3 is 0 Å². The Hall–Kier alpha value is -2.60. The molecule has 5 nitrogen and oxygen atoms in total. The number of H-pyrrole nitrogens is 1. The molecular formula is C17H15N3O2S. The van der Waals surface area contributed by atoms with Gasteiger partial charge in [-0.2, -0.15) is 13.5 Å². The van der Waals surface area contributed by atoms with Crippen LogP contribution in [-0.2, 0) is 10.0 Å². The molecule has 1 aromatic heterocycles. The second kappa shape index (κ2) is 4.96. The molecule has 0 radical (unpaired) electrons. The first kappa shape index (κ1) is 14.0. The third-order valence-electron chi connectivity index (χ3n) is 4.11. The van der Waals surface area contributed by atoms with Crippen LogP contribution in [0.3, 0.4) is 0 Å². The van der Waals surface area contributed by atoms with Crippen LogP contribution in [-0.4, -0.2) is 18.6 Å². The van der Waals surface area contributed by atoms with E-state index >= 15 is 0 Å². The smallest absolute Gasteiger partial charge is 0.265 e. The first-order valence-electron chi connectivity index (χ1n) is 7.34. The standard InChI is InChI=1S/C17H15N3O2S/c1-12-15-16(13-8-4-2-5-9-13)18-19-17(15)23(21,22)20(12)14-10-6-3-7-11-14/h2-12H,1H3,(H,18,19). The first-order valence-corrected chi connectivity index (χ1v) is 8.78. The van der Waals surface area contributed by atoms with E-state index in [-0.39, 0.29) is 11.1 Å². The van der Waals surface area contributed by atoms with E-state index < -0.39 is 10.0 Å². The number of nitrogens with one attached hydrogen (secondary N) is 1. The normalized spacial score (nSPS) is 18.8. The highest BCUT2D eigenvalue weighted by atomic mass is 32.2. The summed E-state index contributed by atoms with van der Waals surface area (Å²) in [6, 6.07) is 18.4. The molecule has 3 aromatic rings. The van der Waals surface area contributed by atoms with Crippen molar-refractivity contribution in [3.05, 3.63) is 66.2 Å². The predicted molar refractivity (Wildman–Crippen MR) is 88.5 cm³/mol. The van der Waals surface area contributed by atoms with Gasteiger partial charge in [-0.05, 0) is 19.1 Å². The van der Waals surface area contributed by atoms with Crippen LogP contribution in [0.2, 0.25) is 0 Å². The van der Waals surface area contributed by atoms with Crippen LogP contribution in [0.4, 0.5) is 5.69 Å². The van der Waals surface area contributed by atoms with Gasteiger partial charge in [0.2, 0.25) is 0 Å². The maximum atomic E-state index is 12.9. The number of rotatable bonds is 2. The molecule has 2 aromatic carbocycles. The molecule has 1 aliphatic heterocycles. The van der Waals surface area contributed by atoms with E-state index in [1.165, 1.54) is 4.31 Å². The molecule has 0 fully saturated rings. The lowest BCUT2D eigenvalue weighted by Gasteiger charge is -2.23. The number of anilines is 1.